The number of rotatable bonds is 5. The number of Topliss-reactive ketones (excluding diaryl/α,β-unsaturated/α-hetero) is 1. The highest BCUT2D eigenvalue weighted by Crippen LogP contribution is 2.30. The van der Waals surface area contributed by atoms with Crippen LogP contribution in [0.2, 0.25) is 0 Å². The maximum atomic E-state index is 12.4. The number of hydrogen-bond acceptors (Lipinski definition) is 2. The van der Waals surface area contributed by atoms with Gasteiger partial charge in [-0.3, -0.25) is 9.79 Å². The van der Waals surface area contributed by atoms with Crippen LogP contribution in [-0.4, -0.2) is 18.3 Å². The van der Waals surface area contributed by atoms with E-state index in [1.807, 2.05) is 26.8 Å². The Labute approximate surface area is 117 Å². The molecule has 19 heavy (non-hydrogen) atoms. The Balaban J connectivity index is 4.92. The summed E-state index contributed by atoms with van der Waals surface area (Å²) in [5, 5.41) is 0. The van der Waals surface area contributed by atoms with Crippen molar-refractivity contribution < 1.29 is 4.79 Å². The molecule has 0 amide bonds. The van der Waals surface area contributed by atoms with Crippen molar-refractivity contribution in [1.29, 1.82) is 0 Å². The van der Waals surface area contributed by atoms with E-state index in [0.717, 1.165) is 12.0 Å². The first-order valence-corrected chi connectivity index (χ1v) is 6.73. The topological polar surface area (TPSA) is 81.5 Å². The normalized spacial score (nSPS) is 13.3. The summed E-state index contributed by atoms with van der Waals surface area (Å²) in [5.41, 5.74) is 11.2. The van der Waals surface area contributed by atoms with Gasteiger partial charge in [0.25, 0.3) is 0 Å². The Bertz CT molecular complexity index is 364. The average Bonchev–Trinajstić information content (AvgIpc) is 2.18. The Kier molecular flexibility index (Phi) is 6.27. The molecule has 0 aromatic carbocycles. The number of nitrogens with zero attached hydrogens (tertiary/aromatic N) is 1. The summed E-state index contributed by atoms with van der Waals surface area (Å²) >= 11 is 0. The number of aliphatic imine (C=N–C) groups is 1. The lowest BCUT2D eigenvalue weighted by atomic mass is 9.79. The van der Waals surface area contributed by atoms with Gasteiger partial charge in [0.1, 0.15) is 0 Å². The Hall–Kier alpha value is -1.32. The average molecular weight is 267 g/mol. The van der Waals surface area contributed by atoms with Gasteiger partial charge < -0.3 is 11.5 Å². The van der Waals surface area contributed by atoms with Gasteiger partial charge in [0.05, 0.1) is 0 Å². The molecule has 0 heterocycles. The molecular weight excluding hydrogens is 238 g/mol. The van der Waals surface area contributed by atoms with Crippen molar-refractivity contribution in [2.75, 3.05) is 6.54 Å². The zero-order chi connectivity index (χ0) is 15.3. The smallest absolute Gasteiger partial charge is 0.185 e. The van der Waals surface area contributed by atoms with Crippen molar-refractivity contribution in [3.05, 3.63) is 11.6 Å². The van der Waals surface area contributed by atoms with Gasteiger partial charge in [-0.25, -0.2) is 0 Å². The molecule has 0 atom stereocenters. The van der Waals surface area contributed by atoms with Gasteiger partial charge in [-0.1, -0.05) is 47.6 Å². The molecule has 0 saturated heterocycles. The predicted octanol–water partition coefficient (Wildman–Crippen LogP) is 2.63. The van der Waals surface area contributed by atoms with Crippen LogP contribution >= 0.6 is 0 Å². The van der Waals surface area contributed by atoms with Gasteiger partial charge >= 0.3 is 0 Å². The molecule has 0 aliphatic heterocycles. The second kappa shape index (κ2) is 6.73. The fourth-order valence-electron chi connectivity index (χ4n) is 1.73. The molecule has 4 N–H and O–H groups in total. The first kappa shape index (κ1) is 17.7. The third-order valence-electron chi connectivity index (χ3n) is 2.51. The zero-order valence-corrected chi connectivity index (χ0v) is 13.2. The molecule has 0 aromatic rings. The highest BCUT2D eigenvalue weighted by molar-refractivity contribution is 5.99. The summed E-state index contributed by atoms with van der Waals surface area (Å²) in [5.74, 6) is 0.292. The van der Waals surface area contributed by atoms with Gasteiger partial charge in [0.2, 0.25) is 0 Å². The van der Waals surface area contributed by atoms with Gasteiger partial charge in [-0.2, -0.15) is 0 Å². The first-order chi connectivity index (χ1) is 8.43. The molecule has 0 rings (SSSR count). The van der Waals surface area contributed by atoms with Crippen molar-refractivity contribution in [3.63, 3.8) is 0 Å². The number of carbonyl (C=O) groups is 1. The van der Waals surface area contributed by atoms with Crippen molar-refractivity contribution in [1.82, 2.24) is 0 Å². The molecule has 0 aromatic heterocycles. The summed E-state index contributed by atoms with van der Waals surface area (Å²) < 4.78 is 0. The third kappa shape index (κ3) is 8.41. The van der Waals surface area contributed by atoms with E-state index in [1.54, 1.807) is 0 Å². The minimum absolute atomic E-state index is 0.0862. The molecule has 4 heteroatoms. The van der Waals surface area contributed by atoms with E-state index in [9.17, 15) is 4.79 Å². The lowest BCUT2D eigenvalue weighted by Gasteiger charge is -2.24. The maximum Gasteiger partial charge on any atom is 0.185 e. The molecular formula is C15H29N3O. The van der Waals surface area contributed by atoms with Gasteiger partial charge in [-0.05, 0) is 23.8 Å². The van der Waals surface area contributed by atoms with Crippen molar-refractivity contribution >= 4 is 11.7 Å². The molecule has 110 valence electrons. The van der Waals surface area contributed by atoms with Crippen LogP contribution in [0.1, 0.15) is 54.4 Å². The molecule has 0 aliphatic rings. The Morgan fingerprint density at radius 1 is 1.11 bits per heavy atom. The number of guanidine groups is 1. The van der Waals surface area contributed by atoms with Crippen molar-refractivity contribution in [2.45, 2.75) is 54.4 Å². The lowest BCUT2D eigenvalue weighted by molar-refractivity contribution is -0.122. The van der Waals surface area contributed by atoms with E-state index in [4.69, 9.17) is 11.5 Å². The molecule has 0 bridgehead atoms. The van der Waals surface area contributed by atoms with E-state index in [2.05, 4.69) is 25.8 Å². The summed E-state index contributed by atoms with van der Waals surface area (Å²) in [6.07, 6.45) is 3.43. The van der Waals surface area contributed by atoms with Crippen LogP contribution in [0, 0.1) is 10.8 Å². The van der Waals surface area contributed by atoms with Gasteiger partial charge in [0.15, 0.2) is 11.7 Å². The second-order valence-electron chi connectivity index (χ2n) is 7.14. The molecule has 0 fully saturated rings. The number of allylic oxidation sites excluding steroid dienone is 1. The van der Waals surface area contributed by atoms with E-state index < -0.39 is 0 Å². The van der Waals surface area contributed by atoms with Crippen LogP contribution in [0.4, 0.5) is 0 Å². The fraction of sp³-hybridized carbons (Fsp3) is 0.733. The Morgan fingerprint density at radius 3 is 2.00 bits per heavy atom. The summed E-state index contributed by atoms with van der Waals surface area (Å²) in [6.45, 7) is 12.8. The van der Waals surface area contributed by atoms with E-state index in [0.29, 0.717) is 13.0 Å². The summed E-state index contributed by atoms with van der Waals surface area (Å²) in [7, 11) is 0. The first-order valence-electron chi connectivity index (χ1n) is 6.73. The molecule has 0 radical (unpaired) electrons. The SMILES string of the molecule is CC(C)(C)C/C(=C\CCN=C(N)N)C(=O)C(C)(C)C. The summed E-state index contributed by atoms with van der Waals surface area (Å²) in [4.78, 5) is 16.3. The predicted molar refractivity (Wildman–Crippen MR) is 81.9 cm³/mol. The zero-order valence-electron chi connectivity index (χ0n) is 13.2. The van der Waals surface area contributed by atoms with E-state index in [-0.39, 0.29) is 22.6 Å². The number of carbonyl (C=O) groups excluding carboxylic acids is 1. The van der Waals surface area contributed by atoms with E-state index >= 15 is 0 Å². The second-order valence-corrected chi connectivity index (χ2v) is 7.14. The highest BCUT2D eigenvalue weighted by atomic mass is 16.1. The van der Waals surface area contributed by atoms with Crippen LogP contribution in [0.15, 0.2) is 16.6 Å². The number of hydrogen-bond donors (Lipinski definition) is 2. The molecule has 0 spiro atoms. The van der Waals surface area contributed by atoms with Crippen LogP contribution in [-0.2, 0) is 4.79 Å². The standard InChI is InChI=1S/C15H29N3O/c1-14(2,3)10-11(12(19)15(4,5)6)8-7-9-18-13(16)17/h8H,7,9-10H2,1-6H3,(H4,16,17,18)/b11-8+. The molecule has 0 unspecified atom stereocenters. The quantitative estimate of drug-likeness (QED) is 0.348. The highest BCUT2D eigenvalue weighted by Gasteiger charge is 2.27. The molecule has 4 nitrogen and oxygen atoms in total. The lowest BCUT2D eigenvalue weighted by Crippen LogP contribution is -2.25. The van der Waals surface area contributed by atoms with Crippen molar-refractivity contribution in [3.8, 4) is 0 Å². The number of ketones is 1. The van der Waals surface area contributed by atoms with Crippen molar-refractivity contribution in [2.24, 2.45) is 27.3 Å². The van der Waals surface area contributed by atoms with Crippen LogP contribution in [0.25, 0.3) is 0 Å². The van der Waals surface area contributed by atoms with Crippen LogP contribution in [0.3, 0.4) is 0 Å². The van der Waals surface area contributed by atoms with Gasteiger partial charge in [-0.15, -0.1) is 0 Å². The largest absolute Gasteiger partial charge is 0.370 e. The van der Waals surface area contributed by atoms with E-state index in [1.165, 1.54) is 0 Å². The summed E-state index contributed by atoms with van der Waals surface area (Å²) in [6, 6.07) is 0. The molecule has 0 aliphatic carbocycles. The van der Waals surface area contributed by atoms with Crippen LogP contribution < -0.4 is 11.5 Å². The fourth-order valence-corrected chi connectivity index (χ4v) is 1.73. The third-order valence-corrected chi connectivity index (χ3v) is 2.51. The number of nitrogens with two attached hydrogens (primary N) is 2. The maximum absolute atomic E-state index is 12.4. The van der Waals surface area contributed by atoms with Gasteiger partial charge in [0, 0.05) is 12.0 Å². The minimum atomic E-state index is -0.354. The Morgan fingerprint density at radius 2 is 1.63 bits per heavy atom. The molecule has 0 saturated carbocycles. The monoisotopic (exact) mass is 267 g/mol. The minimum Gasteiger partial charge on any atom is -0.370 e. The van der Waals surface area contributed by atoms with Crippen LogP contribution in [0.5, 0.6) is 0 Å².